The average molecular weight is 111 g/mol. The molecule has 0 saturated carbocycles. The fraction of sp³-hybridized carbons (Fsp3) is 1.00. The fourth-order valence-corrected chi connectivity index (χ4v) is 2.08. The lowest BCUT2D eigenvalue weighted by molar-refractivity contribution is 0.0672. The van der Waals surface area contributed by atoms with Gasteiger partial charge in [0.05, 0.1) is 0 Å². The van der Waals surface area contributed by atoms with E-state index in [1.807, 2.05) is 0 Å². The summed E-state index contributed by atoms with van der Waals surface area (Å²) in [6.07, 6.45) is 2.93. The summed E-state index contributed by atoms with van der Waals surface area (Å²) in [6.45, 7) is 5.13. The van der Waals surface area contributed by atoms with Gasteiger partial charge in [-0.15, -0.1) is 0 Å². The zero-order chi connectivity index (χ0) is 5.56. The van der Waals surface area contributed by atoms with Crippen LogP contribution in [0.2, 0.25) is 0 Å². The Balaban J connectivity index is 2.02. The summed E-state index contributed by atoms with van der Waals surface area (Å²) in [4.78, 5) is 2.60. The Bertz CT molecular complexity index is 101. The van der Waals surface area contributed by atoms with E-state index in [0.717, 1.165) is 12.0 Å². The number of hydrogen-bond acceptors (Lipinski definition) is 1. The predicted octanol–water partition coefficient (Wildman–Crippen LogP) is 1.10. The molecule has 0 N–H and O–H groups in total. The summed E-state index contributed by atoms with van der Waals surface area (Å²) in [5.74, 6) is 1.01. The second-order valence-corrected chi connectivity index (χ2v) is 3.18. The van der Waals surface area contributed by atoms with Crippen LogP contribution in [0.15, 0.2) is 0 Å². The Morgan fingerprint density at radius 2 is 2.38 bits per heavy atom. The van der Waals surface area contributed by atoms with Gasteiger partial charge in [0.2, 0.25) is 0 Å². The Kier molecular flexibility index (Phi) is 0.884. The lowest BCUT2D eigenvalue weighted by atomic mass is 9.92. The van der Waals surface area contributed by atoms with Gasteiger partial charge in [-0.3, -0.25) is 4.90 Å². The van der Waals surface area contributed by atoms with Crippen LogP contribution in [0, 0.1) is 5.92 Å². The van der Waals surface area contributed by atoms with Crippen molar-refractivity contribution >= 4 is 0 Å². The van der Waals surface area contributed by atoms with Gasteiger partial charge in [0.1, 0.15) is 0 Å². The van der Waals surface area contributed by atoms with Crippen LogP contribution in [0.1, 0.15) is 19.8 Å². The van der Waals surface area contributed by atoms with Gasteiger partial charge in [-0.05, 0) is 25.3 Å². The SMILES string of the molecule is C[C@@H]1CN2CCC[C@H]12. The Hall–Kier alpha value is -0.0400. The Morgan fingerprint density at radius 1 is 1.50 bits per heavy atom. The Labute approximate surface area is 50.7 Å². The molecule has 0 bridgehead atoms. The third kappa shape index (κ3) is 0.455. The second-order valence-electron chi connectivity index (χ2n) is 3.18. The molecule has 0 aromatic carbocycles. The van der Waals surface area contributed by atoms with Crippen molar-refractivity contribution < 1.29 is 0 Å². The van der Waals surface area contributed by atoms with Crippen LogP contribution in [0.25, 0.3) is 0 Å². The molecule has 0 aromatic rings. The maximum absolute atomic E-state index is 2.60. The van der Waals surface area contributed by atoms with Crippen LogP contribution in [0.4, 0.5) is 0 Å². The molecule has 2 aliphatic rings. The van der Waals surface area contributed by atoms with Crippen molar-refractivity contribution in [2.75, 3.05) is 13.1 Å². The maximum atomic E-state index is 2.60. The smallest absolute Gasteiger partial charge is 0.0134 e. The molecule has 0 amide bonds. The second kappa shape index (κ2) is 1.47. The van der Waals surface area contributed by atoms with E-state index >= 15 is 0 Å². The normalized spacial score (nSPS) is 46.1. The summed E-state index contributed by atoms with van der Waals surface area (Å²) < 4.78 is 0. The molecule has 2 atom stereocenters. The van der Waals surface area contributed by atoms with E-state index in [1.165, 1.54) is 25.9 Å². The highest BCUT2D eigenvalue weighted by Crippen LogP contribution is 2.32. The summed E-state index contributed by atoms with van der Waals surface area (Å²) in [7, 11) is 0. The highest BCUT2D eigenvalue weighted by molar-refractivity contribution is 4.93. The van der Waals surface area contributed by atoms with Gasteiger partial charge in [0.15, 0.2) is 0 Å². The van der Waals surface area contributed by atoms with Crippen molar-refractivity contribution in [3.05, 3.63) is 0 Å². The molecule has 2 heterocycles. The third-order valence-electron chi connectivity index (χ3n) is 2.59. The quantitative estimate of drug-likeness (QED) is 0.452. The van der Waals surface area contributed by atoms with Gasteiger partial charge in [-0.25, -0.2) is 0 Å². The molecular formula is C7H13N. The van der Waals surface area contributed by atoms with Gasteiger partial charge >= 0.3 is 0 Å². The lowest BCUT2D eigenvalue weighted by Gasteiger charge is -2.41. The average Bonchev–Trinajstić information content (AvgIpc) is 2.09. The summed E-state index contributed by atoms with van der Waals surface area (Å²) in [5.41, 5.74) is 0. The van der Waals surface area contributed by atoms with E-state index in [-0.39, 0.29) is 0 Å². The van der Waals surface area contributed by atoms with Crippen LogP contribution in [-0.2, 0) is 0 Å². The van der Waals surface area contributed by atoms with Crippen LogP contribution >= 0.6 is 0 Å². The molecule has 2 rings (SSSR count). The molecule has 8 heavy (non-hydrogen) atoms. The first kappa shape index (κ1) is 4.80. The van der Waals surface area contributed by atoms with Crippen molar-refractivity contribution in [1.29, 1.82) is 0 Å². The highest BCUT2D eigenvalue weighted by atomic mass is 15.2. The van der Waals surface area contributed by atoms with Crippen molar-refractivity contribution in [2.24, 2.45) is 5.92 Å². The molecule has 0 unspecified atom stereocenters. The van der Waals surface area contributed by atoms with Gasteiger partial charge in [-0.1, -0.05) is 6.92 Å². The molecular weight excluding hydrogens is 98.1 g/mol. The molecule has 0 radical (unpaired) electrons. The van der Waals surface area contributed by atoms with E-state index < -0.39 is 0 Å². The van der Waals surface area contributed by atoms with Crippen molar-refractivity contribution in [1.82, 2.24) is 4.90 Å². The lowest BCUT2D eigenvalue weighted by Crippen LogP contribution is -2.50. The first-order valence-corrected chi connectivity index (χ1v) is 3.62. The van der Waals surface area contributed by atoms with Crippen LogP contribution < -0.4 is 0 Å². The molecule has 0 aliphatic carbocycles. The number of fused-ring (bicyclic) bond motifs is 1. The zero-order valence-electron chi connectivity index (χ0n) is 5.43. The summed E-state index contributed by atoms with van der Waals surface area (Å²) in [5, 5.41) is 0. The monoisotopic (exact) mass is 111 g/mol. The van der Waals surface area contributed by atoms with Gasteiger partial charge in [-0.2, -0.15) is 0 Å². The molecule has 2 fully saturated rings. The Morgan fingerprint density at radius 3 is 2.88 bits per heavy atom. The highest BCUT2D eigenvalue weighted by Gasteiger charge is 2.38. The van der Waals surface area contributed by atoms with Gasteiger partial charge < -0.3 is 0 Å². The van der Waals surface area contributed by atoms with Crippen LogP contribution in [0.3, 0.4) is 0 Å². The van der Waals surface area contributed by atoms with Crippen molar-refractivity contribution in [3.8, 4) is 0 Å². The number of nitrogens with zero attached hydrogens (tertiary/aromatic N) is 1. The molecule has 1 nitrogen and oxygen atoms in total. The standard InChI is InChI=1S/C7H13N/c1-6-5-8-4-2-3-7(6)8/h6-7H,2-5H2,1H3/t6-,7-/m1/s1. The first-order chi connectivity index (χ1) is 3.88. The maximum Gasteiger partial charge on any atom is 0.0134 e. The molecule has 2 saturated heterocycles. The fourth-order valence-electron chi connectivity index (χ4n) is 2.08. The molecule has 46 valence electrons. The minimum atomic E-state index is 0.995. The molecule has 2 aliphatic heterocycles. The van der Waals surface area contributed by atoms with Crippen LogP contribution in [-0.4, -0.2) is 24.0 Å². The van der Waals surface area contributed by atoms with E-state index in [2.05, 4.69) is 11.8 Å². The zero-order valence-corrected chi connectivity index (χ0v) is 5.43. The van der Waals surface area contributed by atoms with E-state index in [1.54, 1.807) is 0 Å². The molecule has 1 heteroatoms. The minimum Gasteiger partial charge on any atom is -0.300 e. The first-order valence-electron chi connectivity index (χ1n) is 3.62. The number of rotatable bonds is 0. The van der Waals surface area contributed by atoms with Crippen LogP contribution in [0.5, 0.6) is 0 Å². The van der Waals surface area contributed by atoms with Gasteiger partial charge in [0, 0.05) is 12.6 Å². The molecule has 0 spiro atoms. The van der Waals surface area contributed by atoms with E-state index in [9.17, 15) is 0 Å². The minimum absolute atomic E-state index is 0.995. The van der Waals surface area contributed by atoms with Crippen molar-refractivity contribution in [2.45, 2.75) is 25.8 Å². The van der Waals surface area contributed by atoms with E-state index in [0.29, 0.717) is 0 Å². The summed E-state index contributed by atoms with van der Waals surface area (Å²) in [6, 6.07) is 0.995. The third-order valence-corrected chi connectivity index (χ3v) is 2.59. The van der Waals surface area contributed by atoms with E-state index in [4.69, 9.17) is 0 Å². The topological polar surface area (TPSA) is 3.24 Å². The van der Waals surface area contributed by atoms with Crippen molar-refractivity contribution in [3.63, 3.8) is 0 Å². The predicted molar refractivity (Wildman–Crippen MR) is 33.8 cm³/mol. The van der Waals surface area contributed by atoms with Gasteiger partial charge in [0.25, 0.3) is 0 Å². The largest absolute Gasteiger partial charge is 0.300 e. The molecule has 0 aromatic heterocycles. The summed E-state index contributed by atoms with van der Waals surface area (Å²) >= 11 is 0. The number of hydrogen-bond donors (Lipinski definition) is 0.